The molecule has 0 unspecified atom stereocenters. The van der Waals surface area contributed by atoms with Gasteiger partial charge in [-0.25, -0.2) is 0 Å². The summed E-state index contributed by atoms with van der Waals surface area (Å²) in [7, 11) is 0. The highest BCUT2D eigenvalue weighted by molar-refractivity contribution is 9.10. The van der Waals surface area contributed by atoms with Gasteiger partial charge < -0.3 is 5.32 Å². The Morgan fingerprint density at radius 2 is 2.38 bits per heavy atom. The van der Waals surface area contributed by atoms with Crippen molar-refractivity contribution in [1.29, 1.82) is 0 Å². The van der Waals surface area contributed by atoms with Gasteiger partial charge in [0.15, 0.2) is 0 Å². The van der Waals surface area contributed by atoms with Crippen LogP contribution in [-0.2, 0) is 6.54 Å². The summed E-state index contributed by atoms with van der Waals surface area (Å²) in [6.45, 7) is 6.50. The molecule has 1 saturated heterocycles. The molecule has 0 radical (unpaired) electrons. The van der Waals surface area contributed by atoms with Gasteiger partial charge in [0.25, 0.3) is 0 Å². The first-order chi connectivity index (χ1) is 7.65. The summed E-state index contributed by atoms with van der Waals surface area (Å²) in [5.74, 6) is 0. The van der Waals surface area contributed by atoms with Crippen molar-refractivity contribution in [3.8, 4) is 0 Å². The molecule has 0 aromatic heterocycles. The maximum atomic E-state index is 6.08. The van der Waals surface area contributed by atoms with Crippen LogP contribution < -0.4 is 5.32 Å². The van der Waals surface area contributed by atoms with E-state index < -0.39 is 0 Å². The van der Waals surface area contributed by atoms with Crippen LogP contribution in [0.25, 0.3) is 0 Å². The summed E-state index contributed by atoms with van der Waals surface area (Å²) in [6.07, 6.45) is 0. The number of piperazine rings is 1. The standard InChI is InChI=1S/C12H16BrClN2/c1-9-7-16(5-4-15-9)8-10-2-3-11(13)12(14)6-10/h2-3,6,9,15H,4-5,7-8H2,1H3/t9-/m1/s1. The van der Waals surface area contributed by atoms with Gasteiger partial charge in [-0.05, 0) is 40.5 Å². The Kier molecular flexibility index (Phi) is 4.25. The van der Waals surface area contributed by atoms with Crippen molar-refractivity contribution in [2.75, 3.05) is 19.6 Å². The zero-order chi connectivity index (χ0) is 11.5. The van der Waals surface area contributed by atoms with Gasteiger partial charge in [0.2, 0.25) is 0 Å². The van der Waals surface area contributed by atoms with Crippen LogP contribution in [0, 0.1) is 0 Å². The molecule has 0 amide bonds. The maximum absolute atomic E-state index is 6.08. The summed E-state index contributed by atoms with van der Waals surface area (Å²) >= 11 is 9.49. The lowest BCUT2D eigenvalue weighted by Crippen LogP contribution is -2.48. The lowest BCUT2D eigenvalue weighted by atomic mass is 10.1. The van der Waals surface area contributed by atoms with Crippen molar-refractivity contribution < 1.29 is 0 Å². The largest absolute Gasteiger partial charge is 0.312 e. The number of hydrogen-bond donors (Lipinski definition) is 1. The molecule has 1 aromatic carbocycles. The van der Waals surface area contributed by atoms with E-state index in [4.69, 9.17) is 11.6 Å². The number of benzene rings is 1. The van der Waals surface area contributed by atoms with Gasteiger partial charge in [0.1, 0.15) is 0 Å². The third kappa shape index (κ3) is 3.20. The third-order valence-corrected chi connectivity index (χ3v) is 4.08. The molecule has 1 aliphatic rings. The lowest BCUT2D eigenvalue weighted by Gasteiger charge is -2.31. The van der Waals surface area contributed by atoms with E-state index in [0.29, 0.717) is 6.04 Å². The number of nitrogens with zero attached hydrogens (tertiary/aromatic N) is 1. The fraction of sp³-hybridized carbons (Fsp3) is 0.500. The highest BCUT2D eigenvalue weighted by Gasteiger charge is 2.15. The number of hydrogen-bond acceptors (Lipinski definition) is 2. The average molecular weight is 304 g/mol. The monoisotopic (exact) mass is 302 g/mol. The molecular weight excluding hydrogens is 288 g/mol. The average Bonchev–Trinajstić information content (AvgIpc) is 2.24. The van der Waals surface area contributed by atoms with Crippen LogP contribution in [0.2, 0.25) is 5.02 Å². The van der Waals surface area contributed by atoms with E-state index in [-0.39, 0.29) is 0 Å². The van der Waals surface area contributed by atoms with Crippen molar-refractivity contribution >= 4 is 27.5 Å². The molecule has 1 aromatic rings. The van der Waals surface area contributed by atoms with Crippen LogP contribution in [-0.4, -0.2) is 30.6 Å². The summed E-state index contributed by atoms with van der Waals surface area (Å²) in [4.78, 5) is 2.46. The Bertz CT molecular complexity index is 370. The Labute approximate surface area is 110 Å². The molecule has 2 rings (SSSR count). The second kappa shape index (κ2) is 5.50. The predicted molar refractivity (Wildman–Crippen MR) is 71.9 cm³/mol. The van der Waals surface area contributed by atoms with Gasteiger partial charge in [0.05, 0.1) is 5.02 Å². The van der Waals surface area contributed by atoms with Crippen LogP contribution in [0.1, 0.15) is 12.5 Å². The van der Waals surface area contributed by atoms with E-state index in [1.54, 1.807) is 0 Å². The van der Waals surface area contributed by atoms with Crippen molar-refractivity contribution in [3.63, 3.8) is 0 Å². The van der Waals surface area contributed by atoms with E-state index in [9.17, 15) is 0 Å². The molecule has 1 N–H and O–H groups in total. The van der Waals surface area contributed by atoms with Crippen molar-refractivity contribution in [3.05, 3.63) is 33.3 Å². The zero-order valence-corrected chi connectivity index (χ0v) is 11.7. The molecule has 16 heavy (non-hydrogen) atoms. The highest BCUT2D eigenvalue weighted by Crippen LogP contribution is 2.23. The van der Waals surface area contributed by atoms with Gasteiger partial charge in [-0.3, -0.25) is 4.90 Å². The fourth-order valence-electron chi connectivity index (χ4n) is 2.05. The maximum Gasteiger partial charge on any atom is 0.0551 e. The van der Waals surface area contributed by atoms with Crippen LogP contribution in [0.15, 0.2) is 22.7 Å². The number of halogens is 2. The molecule has 88 valence electrons. The molecule has 2 nitrogen and oxygen atoms in total. The van der Waals surface area contributed by atoms with E-state index in [0.717, 1.165) is 35.7 Å². The van der Waals surface area contributed by atoms with Crippen molar-refractivity contribution in [2.24, 2.45) is 0 Å². The first-order valence-electron chi connectivity index (χ1n) is 5.55. The molecule has 1 atom stereocenters. The van der Waals surface area contributed by atoms with Crippen LogP contribution in [0.4, 0.5) is 0 Å². The predicted octanol–water partition coefficient (Wildman–Crippen LogP) is 2.90. The molecule has 0 saturated carbocycles. The number of nitrogens with one attached hydrogen (secondary N) is 1. The van der Waals surface area contributed by atoms with Gasteiger partial charge in [0, 0.05) is 36.7 Å². The van der Waals surface area contributed by atoms with Gasteiger partial charge in [-0.2, -0.15) is 0 Å². The third-order valence-electron chi connectivity index (χ3n) is 2.84. The molecule has 0 bridgehead atoms. The van der Waals surface area contributed by atoms with Crippen molar-refractivity contribution in [1.82, 2.24) is 10.2 Å². The Balaban J connectivity index is 2.00. The molecule has 1 fully saturated rings. The summed E-state index contributed by atoms with van der Waals surface area (Å²) < 4.78 is 0.964. The van der Waals surface area contributed by atoms with Gasteiger partial charge in [-0.1, -0.05) is 17.7 Å². The molecule has 1 aliphatic heterocycles. The summed E-state index contributed by atoms with van der Waals surface area (Å²) in [5, 5.41) is 4.24. The molecule has 4 heteroatoms. The number of rotatable bonds is 2. The topological polar surface area (TPSA) is 15.3 Å². The minimum absolute atomic E-state index is 0.583. The summed E-state index contributed by atoms with van der Waals surface area (Å²) in [6, 6.07) is 6.77. The molecule has 1 heterocycles. The first-order valence-corrected chi connectivity index (χ1v) is 6.72. The van der Waals surface area contributed by atoms with Gasteiger partial charge >= 0.3 is 0 Å². The van der Waals surface area contributed by atoms with Crippen LogP contribution in [0.5, 0.6) is 0 Å². The second-order valence-corrected chi connectivity index (χ2v) is 5.60. The minimum atomic E-state index is 0.583. The van der Waals surface area contributed by atoms with Crippen molar-refractivity contribution in [2.45, 2.75) is 19.5 Å². The van der Waals surface area contributed by atoms with E-state index >= 15 is 0 Å². The smallest absolute Gasteiger partial charge is 0.0551 e. The summed E-state index contributed by atoms with van der Waals surface area (Å²) in [5.41, 5.74) is 1.28. The fourth-order valence-corrected chi connectivity index (χ4v) is 2.50. The highest BCUT2D eigenvalue weighted by atomic mass is 79.9. The molecule has 0 spiro atoms. The Hall–Kier alpha value is -0.0900. The lowest BCUT2D eigenvalue weighted by molar-refractivity contribution is 0.199. The second-order valence-electron chi connectivity index (χ2n) is 4.34. The Morgan fingerprint density at radius 3 is 3.06 bits per heavy atom. The van der Waals surface area contributed by atoms with E-state index in [1.165, 1.54) is 5.56 Å². The van der Waals surface area contributed by atoms with E-state index in [1.807, 2.05) is 12.1 Å². The minimum Gasteiger partial charge on any atom is -0.312 e. The van der Waals surface area contributed by atoms with Crippen LogP contribution in [0.3, 0.4) is 0 Å². The van der Waals surface area contributed by atoms with Gasteiger partial charge in [-0.15, -0.1) is 0 Å². The SMILES string of the molecule is C[C@@H]1CN(Cc2ccc(Br)c(Cl)c2)CCN1. The normalized spacial score (nSPS) is 22.3. The quantitative estimate of drug-likeness (QED) is 0.904. The van der Waals surface area contributed by atoms with E-state index in [2.05, 4.69) is 39.1 Å². The molecular formula is C12H16BrClN2. The molecule has 0 aliphatic carbocycles. The van der Waals surface area contributed by atoms with Crippen LogP contribution >= 0.6 is 27.5 Å². The first kappa shape index (κ1) is 12.4. The zero-order valence-electron chi connectivity index (χ0n) is 9.34. The Morgan fingerprint density at radius 1 is 1.56 bits per heavy atom.